The molecule has 18 heavy (non-hydrogen) atoms. The largest absolute Gasteiger partial charge is 0.480 e. The summed E-state index contributed by atoms with van der Waals surface area (Å²) < 4.78 is 13.5. The van der Waals surface area contributed by atoms with Gasteiger partial charge in [-0.1, -0.05) is 31.0 Å². The molecule has 5 heteroatoms. The van der Waals surface area contributed by atoms with Crippen LogP contribution in [-0.2, 0) is 11.3 Å². The van der Waals surface area contributed by atoms with E-state index in [1.165, 1.54) is 6.07 Å². The predicted molar refractivity (Wildman–Crippen MR) is 69.2 cm³/mol. The van der Waals surface area contributed by atoms with Crippen LogP contribution >= 0.6 is 11.6 Å². The average Bonchev–Trinajstić information content (AvgIpc) is 2.28. The number of nitrogens with one attached hydrogen (secondary N) is 1. The Morgan fingerprint density at radius 1 is 1.56 bits per heavy atom. The highest BCUT2D eigenvalue weighted by atomic mass is 35.5. The van der Waals surface area contributed by atoms with E-state index in [1.54, 1.807) is 19.1 Å². The molecule has 0 aliphatic heterocycles. The normalized spacial score (nSPS) is 14.2. The minimum absolute atomic E-state index is 0.159. The second-order valence-electron chi connectivity index (χ2n) is 4.48. The molecule has 3 nitrogen and oxygen atoms in total. The summed E-state index contributed by atoms with van der Waals surface area (Å²) in [6, 6.07) is 4.36. The number of carbonyl (C=O) groups is 1. The summed E-state index contributed by atoms with van der Waals surface area (Å²) in [4.78, 5) is 11.2. The first-order valence-corrected chi connectivity index (χ1v) is 6.19. The Hall–Kier alpha value is -1.13. The van der Waals surface area contributed by atoms with E-state index >= 15 is 0 Å². The molecule has 0 fully saturated rings. The van der Waals surface area contributed by atoms with Crippen LogP contribution in [0.15, 0.2) is 18.2 Å². The summed E-state index contributed by atoms with van der Waals surface area (Å²) in [5.41, 5.74) is -0.635. The van der Waals surface area contributed by atoms with Crippen LogP contribution < -0.4 is 5.32 Å². The third-order valence-electron chi connectivity index (χ3n) is 2.91. The summed E-state index contributed by atoms with van der Waals surface area (Å²) >= 11 is 5.65. The number of hydrogen-bond acceptors (Lipinski definition) is 2. The van der Waals surface area contributed by atoms with Gasteiger partial charge in [-0.15, -0.1) is 0 Å². The van der Waals surface area contributed by atoms with Gasteiger partial charge in [0.2, 0.25) is 0 Å². The van der Waals surface area contributed by atoms with Crippen molar-refractivity contribution >= 4 is 17.6 Å². The van der Waals surface area contributed by atoms with Crippen molar-refractivity contribution in [2.75, 3.05) is 0 Å². The molecule has 0 bridgehead atoms. The van der Waals surface area contributed by atoms with Crippen molar-refractivity contribution in [3.63, 3.8) is 0 Å². The Kier molecular flexibility index (Phi) is 5.11. The molecule has 0 aliphatic rings. The maximum Gasteiger partial charge on any atom is 0.323 e. The average molecular weight is 274 g/mol. The SMILES string of the molecule is CCCC(C)(NCc1ccc(Cl)cc1F)C(=O)O. The fraction of sp³-hybridized carbons (Fsp3) is 0.462. The summed E-state index contributed by atoms with van der Waals surface area (Å²) in [6.07, 6.45) is 1.22. The molecule has 1 rings (SSSR count). The van der Waals surface area contributed by atoms with Crippen molar-refractivity contribution in [1.29, 1.82) is 0 Å². The summed E-state index contributed by atoms with van der Waals surface area (Å²) in [5, 5.41) is 12.4. The predicted octanol–water partition coefficient (Wildman–Crippen LogP) is 3.21. The highest BCUT2D eigenvalue weighted by Crippen LogP contribution is 2.17. The van der Waals surface area contributed by atoms with Gasteiger partial charge in [0.25, 0.3) is 0 Å². The lowest BCUT2D eigenvalue weighted by Crippen LogP contribution is -2.49. The first-order valence-electron chi connectivity index (χ1n) is 5.81. The van der Waals surface area contributed by atoms with Crippen LogP contribution in [0.1, 0.15) is 32.3 Å². The van der Waals surface area contributed by atoms with E-state index in [4.69, 9.17) is 11.6 Å². The van der Waals surface area contributed by atoms with Crippen LogP contribution in [0.3, 0.4) is 0 Å². The van der Waals surface area contributed by atoms with Gasteiger partial charge in [0.15, 0.2) is 0 Å². The first kappa shape index (κ1) is 14.9. The van der Waals surface area contributed by atoms with Crippen LogP contribution in [-0.4, -0.2) is 16.6 Å². The van der Waals surface area contributed by atoms with Gasteiger partial charge in [-0.3, -0.25) is 10.1 Å². The Bertz CT molecular complexity index is 439. The summed E-state index contributed by atoms with van der Waals surface area (Å²) in [6.45, 7) is 3.67. The Morgan fingerprint density at radius 3 is 2.72 bits per heavy atom. The molecule has 0 saturated carbocycles. The first-order chi connectivity index (χ1) is 8.39. The van der Waals surface area contributed by atoms with Crippen molar-refractivity contribution in [2.45, 2.75) is 38.8 Å². The van der Waals surface area contributed by atoms with Crippen LogP contribution in [0.5, 0.6) is 0 Å². The lowest BCUT2D eigenvalue weighted by Gasteiger charge is -2.26. The smallest absolute Gasteiger partial charge is 0.323 e. The molecule has 2 N–H and O–H groups in total. The summed E-state index contributed by atoms with van der Waals surface area (Å²) in [7, 11) is 0. The number of halogens is 2. The van der Waals surface area contributed by atoms with Gasteiger partial charge in [0, 0.05) is 17.1 Å². The van der Waals surface area contributed by atoms with E-state index in [1.807, 2.05) is 6.92 Å². The van der Waals surface area contributed by atoms with Gasteiger partial charge < -0.3 is 5.11 Å². The third-order valence-corrected chi connectivity index (χ3v) is 3.14. The van der Waals surface area contributed by atoms with Gasteiger partial charge in [-0.25, -0.2) is 4.39 Å². The van der Waals surface area contributed by atoms with Gasteiger partial charge in [-0.05, 0) is 25.5 Å². The lowest BCUT2D eigenvalue weighted by atomic mass is 9.96. The van der Waals surface area contributed by atoms with E-state index in [-0.39, 0.29) is 6.54 Å². The van der Waals surface area contributed by atoms with Gasteiger partial charge >= 0.3 is 5.97 Å². The van der Waals surface area contributed by atoms with Crippen LogP contribution in [0.2, 0.25) is 5.02 Å². The van der Waals surface area contributed by atoms with E-state index < -0.39 is 17.3 Å². The standard InChI is InChI=1S/C13H17ClFNO2/c1-3-6-13(2,12(17)18)16-8-9-4-5-10(14)7-11(9)15/h4-5,7,16H,3,6,8H2,1-2H3,(H,17,18). The van der Waals surface area contributed by atoms with Crippen LogP contribution in [0.4, 0.5) is 4.39 Å². The van der Waals surface area contributed by atoms with Crippen molar-refractivity contribution in [2.24, 2.45) is 0 Å². The van der Waals surface area contributed by atoms with Crippen molar-refractivity contribution in [3.8, 4) is 0 Å². The molecule has 0 radical (unpaired) electrons. The molecule has 0 saturated heterocycles. The fourth-order valence-corrected chi connectivity index (χ4v) is 1.89. The van der Waals surface area contributed by atoms with Crippen LogP contribution in [0, 0.1) is 5.82 Å². The van der Waals surface area contributed by atoms with E-state index in [0.717, 1.165) is 6.42 Å². The summed E-state index contributed by atoms with van der Waals surface area (Å²) in [5.74, 6) is -1.36. The maximum absolute atomic E-state index is 13.5. The second-order valence-corrected chi connectivity index (χ2v) is 4.91. The molecular formula is C13H17ClFNO2. The molecule has 1 aromatic rings. The highest BCUT2D eigenvalue weighted by molar-refractivity contribution is 6.30. The van der Waals surface area contributed by atoms with Crippen molar-refractivity contribution < 1.29 is 14.3 Å². The number of rotatable bonds is 6. The second kappa shape index (κ2) is 6.16. The van der Waals surface area contributed by atoms with E-state index in [9.17, 15) is 14.3 Å². The lowest BCUT2D eigenvalue weighted by molar-refractivity contribution is -0.144. The van der Waals surface area contributed by atoms with Crippen molar-refractivity contribution in [3.05, 3.63) is 34.6 Å². The monoisotopic (exact) mass is 273 g/mol. The van der Waals surface area contributed by atoms with E-state index in [0.29, 0.717) is 17.0 Å². The molecule has 0 aromatic heterocycles. The molecule has 0 amide bonds. The minimum Gasteiger partial charge on any atom is -0.480 e. The van der Waals surface area contributed by atoms with Crippen molar-refractivity contribution in [1.82, 2.24) is 5.32 Å². The van der Waals surface area contributed by atoms with Gasteiger partial charge in [0.1, 0.15) is 11.4 Å². The van der Waals surface area contributed by atoms with Gasteiger partial charge in [0.05, 0.1) is 0 Å². The highest BCUT2D eigenvalue weighted by Gasteiger charge is 2.31. The number of carboxylic acid groups (broad SMARTS) is 1. The molecule has 0 aliphatic carbocycles. The fourth-order valence-electron chi connectivity index (χ4n) is 1.73. The Labute approximate surface area is 111 Å². The molecule has 1 unspecified atom stereocenters. The zero-order valence-corrected chi connectivity index (χ0v) is 11.2. The topological polar surface area (TPSA) is 49.3 Å². The molecule has 0 heterocycles. The Morgan fingerprint density at radius 2 is 2.22 bits per heavy atom. The molecule has 100 valence electrons. The third kappa shape index (κ3) is 3.68. The molecular weight excluding hydrogens is 257 g/mol. The number of carboxylic acids is 1. The van der Waals surface area contributed by atoms with Crippen LogP contribution in [0.25, 0.3) is 0 Å². The number of benzene rings is 1. The maximum atomic E-state index is 13.5. The minimum atomic E-state index is -1.04. The quantitative estimate of drug-likeness (QED) is 0.837. The van der Waals surface area contributed by atoms with Gasteiger partial charge in [-0.2, -0.15) is 0 Å². The molecule has 0 spiro atoms. The molecule has 1 aromatic carbocycles. The number of aliphatic carboxylic acids is 1. The Balaban J connectivity index is 2.76. The van der Waals surface area contributed by atoms with E-state index in [2.05, 4.69) is 5.32 Å². The number of hydrogen-bond donors (Lipinski definition) is 2. The zero-order valence-electron chi connectivity index (χ0n) is 10.5. The molecule has 1 atom stereocenters. The zero-order chi connectivity index (χ0) is 13.8.